The summed E-state index contributed by atoms with van der Waals surface area (Å²) in [6.07, 6.45) is 2.76. The van der Waals surface area contributed by atoms with Crippen molar-refractivity contribution in [1.29, 1.82) is 0 Å². The van der Waals surface area contributed by atoms with Crippen molar-refractivity contribution in [2.45, 2.75) is 32.2 Å². The molecule has 1 aliphatic heterocycles. The van der Waals surface area contributed by atoms with Gasteiger partial charge in [-0.05, 0) is 75.1 Å². The largest absolute Gasteiger partial charge is 0.493 e. The van der Waals surface area contributed by atoms with E-state index in [0.29, 0.717) is 28.2 Å². The molecule has 2 fully saturated rings. The van der Waals surface area contributed by atoms with Crippen molar-refractivity contribution >= 4 is 11.5 Å². The highest BCUT2D eigenvalue weighted by Crippen LogP contribution is 2.43. The Hall–Kier alpha value is -2.53. The van der Waals surface area contributed by atoms with Gasteiger partial charge in [0.15, 0.2) is 17.3 Å². The minimum absolute atomic E-state index is 0.0153. The summed E-state index contributed by atoms with van der Waals surface area (Å²) in [4.78, 5) is 18.0. The molecule has 5 nitrogen and oxygen atoms in total. The molecule has 0 atom stereocenters. The van der Waals surface area contributed by atoms with Crippen molar-refractivity contribution < 1.29 is 14.3 Å². The van der Waals surface area contributed by atoms with E-state index in [1.54, 1.807) is 32.4 Å². The average Bonchev–Trinajstić information content (AvgIpc) is 3.64. The highest BCUT2D eigenvalue weighted by molar-refractivity contribution is 6.09. The SMILES string of the molecule is COc1ccc(C(=O)c2ccc(N3CCN(C(C)(C)C4CC4)CC3)cc2)cc1OC. The molecule has 30 heavy (non-hydrogen) atoms. The third-order valence-electron chi connectivity index (χ3n) is 6.81. The van der Waals surface area contributed by atoms with Crippen LogP contribution in [0.4, 0.5) is 5.69 Å². The number of anilines is 1. The Bertz CT molecular complexity index is 895. The van der Waals surface area contributed by atoms with Crippen LogP contribution in [0.15, 0.2) is 42.5 Å². The Morgan fingerprint density at radius 2 is 1.47 bits per heavy atom. The van der Waals surface area contributed by atoms with Gasteiger partial charge in [0, 0.05) is 48.5 Å². The molecule has 2 aliphatic rings. The lowest BCUT2D eigenvalue weighted by atomic mass is 9.95. The number of ether oxygens (including phenoxy) is 2. The van der Waals surface area contributed by atoms with Crippen LogP contribution >= 0.6 is 0 Å². The summed E-state index contributed by atoms with van der Waals surface area (Å²) >= 11 is 0. The second kappa shape index (κ2) is 8.31. The molecular weight excluding hydrogens is 376 g/mol. The van der Waals surface area contributed by atoms with E-state index < -0.39 is 0 Å². The van der Waals surface area contributed by atoms with Crippen molar-refractivity contribution in [2.24, 2.45) is 5.92 Å². The van der Waals surface area contributed by atoms with E-state index in [1.807, 2.05) is 12.1 Å². The van der Waals surface area contributed by atoms with E-state index in [-0.39, 0.29) is 5.78 Å². The van der Waals surface area contributed by atoms with Gasteiger partial charge in [-0.2, -0.15) is 0 Å². The molecule has 0 unspecified atom stereocenters. The Morgan fingerprint density at radius 3 is 2.03 bits per heavy atom. The summed E-state index contributed by atoms with van der Waals surface area (Å²) in [5.41, 5.74) is 2.78. The van der Waals surface area contributed by atoms with Crippen molar-refractivity contribution in [3.8, 4) is 11.5 Å². The van der Waals surface area contributed by atoms with Crippen LogP contribution < -0.4 is 14.4 Å². The van der Waals surface area contributed by atoms with Crippen LogP contribution in [0.25, 0.3) is 0 Å². The smallest absolute Gasteiger partial charge is 0.193 e. The minimum Gasteiger partial charge on any atom is -0.493 e. The fraction of sp³-hybridized carbons (Fsp3) is 0.480. The Morgan fingerprint density at radius 1 is 0.867 bits per heavy atom. The lowest BCUT2D eigenvalue weighted by molar-refractivity contribution is 0.0919. The molecule has 5 heteroatoms. The van der Waals surface area contributed by atoms with Gasteiger partial charge in [0.1, 0.15) is 0 Å². The number of carbonyl (C=O) groups is 1. The molecular formula is C25H32N2O3. The molecule has 1 aliphatic carbocycles. The number of benzene rings is 2. The van der Waals surface area contributed by atoms with Crippen LogP contribution in [-0.2, 0) is 0 Å². The molecule has 1 saturated carbocycles. The molecule has 1 saturated heterocycles. The van der Waals surface area contributed by atoms with Crippen molar-refractivity contribution in [3.63, 3.8) is 0 Å². The van der Waals surface area contributed by atoms with E-state index >= 15 is 0 Å². The fourth-order valence-electron chi connectivity index (χ4n) is 4.56. The number of ketones is 1. The van der Waals surface area contributed by atoms with Crippen molar-refractivity contribution in [2.75, 3.05) is 45.3 Å². The quantitative estimate of drug-likeness (QED) is 0.641. The number of hydrogen-bond acceptors (Lipinski definition) is 5. The van der Waals surface area contributed by atoms with E-state index in [9.17, 15) is 4.79 Å². The van der Waals surface area contributed by atoms with Gasteiger partial charge in [0.05, 0.1) is 14.2 Å². The van der Waals surface area contributed by atoms with E-state index in [2.05, 4.69) is 35.8 Å². The Balaban J connectivity index is 1.41. The van der Waals surface area contributed by atoms with Gasteiger partial charge in [0.2, 0.25) is 0 Å². The number of nitrogens with zero attached hydrogens (tertiary/aromatic N) is 2. The first-order chi connectivity index (χ1) is 14.4. The van der Waals surface area contributed by atoms with Gasteiger partial charge in [0.25, 0.3) is 0 Å². The minimum atomic E-state index is -0.0153. The average molecular weight is 409 g/mol. The third-order valence-corrected chi connectivity index (χ3v) is 6.81. The molecule has 160 valence electrons. The molecule has 0 aromatic heterocycles. The molecule has 0 radical (unpaired) electrons. The molecule has 0 spiro atoms. The van der Waals surface area contributed by atoms with Crippen LogP contribution in [-0.4, -0.2) is 56.6 Å². The number of piperazine rings is 1. The first-order valence-corrected chi connectivity index (χ1v) is 10.8. The van der Waals surface area contributed by atoms with Crippen LogP contribution in [0.3, 0.4) is 0 Å². The monoisotopic (exact) mass is 408 g/mol. The summed E-state index contributed by atoms with van der Waals surface area (Å²) in [6.45, 7) is 9.04. The summed E-state index contributed by atoms with van der Waals surface area (Å²) in [7, 11) is 3.16. The van der Waals surface area contributed by atoms with Gasteiger partial charge >= 0.3 is 0 Å². The zero-order valence-corrected chi connectivity index (χ0v) is 18.5. The summed E-state index contributed by atoms with van der Waals surface area (Å²) in [5.74, 6) is 2.03. The summed E-state index contributed by atoms with van der Waals surface area (Å²) in [5, 5.41) is 0. The molecule has 2 aromatic rings. The van der Waals surface area contributed by atoms with E-state index in [1.165, 1.54) is 18.5 Å². The first kappa shape index (κ1) is 20.7. The molecule has 0 bridgehead atoms. The van der Waals surface area contributed by atoms with Gasteiger partial charge in [-0.1, -0.05) is 0 Å². The summed E-state index contributed by atoms with van der Waals surface area (Å²) in [6, 6.07) is 13.3. The second-order valence-electron chi connectivity index (χ2n) is 8.85. The molecule has 1 heterocycles. The highest BCUT2D eigenvalue weighted by Gasteiger charge is 2.42. The van der Waals surface area contributed by atoms with Crippen LogP contribution in [0.5, 0.6) is 11.5 Å². The standard InChI is InChI=1S/C25H32N2O3/c1-25(2,20-8-9-20)27-15-13-26(14-16-27)21-10-5-18(6-11-21)24(28)19-7-12-22(29-3)23(17-19)30-4/h5-7,10-12,17,20H,8-9,13-16H2,1-4H3. The maximum absolute atomic E-state index is 12.9. The van der Waals surface area contributed by atoms with Gasteiger partial charge in [-0.3, -0.25) is 9.69 Å². The van der Waals surface area contributed by atoms with E-state index in [0.717, 1.165) is 32.1 Å². The zero-order valence-electron chi connectivity index (χ0n) is 18.5. The molecule has 2 aromatic carbocycles. The zero-order chi connectivity index (χ0) is 21.3. The lowest BCUT2D eigenvalue weighted by Gasteiger charge is -2.45. The highest BCUT2D eigenvalue weighted by atomic mass is 16.5. The molecule has 4 rings (SSSR count). The number of rotatable bonds is 7. The maximum Gasteiger partial charge on any atom is 0.193 e. The third kappa shape index (κ3) is 4.04. The van der Waals surface area contributed by atoms with Crippen LogP contribution in [0.2, 0.25) is 0 Å². The second-order valence-corrected chi connectivity index (χ2v) is 8.85. The number of methoxy groups -OCH3 is 2. The Labute approximate surface area is 179 Å². The van der Waals surface area contributed by atoms with Gasteiger partial charge < -0.3 is 14.4 Å². The maximum atomic E-state index is 12.9. The Kier molecular flexibility index (Phi) is 5.74. The predicted octanol–water partition coefficient (Wildman–Crippen LogP) is 4.25. The fourth-order valence-corrected chi connectivity index (χ4v) is 4.56. The van der Waals surface area contributed by atoms with Gasteiger partial charge in [-0.25, -0.2) is 0 Å². The van der Waals surface area contributed by atoms with Crippen LogP contribution in [0.1, 0.15) is 42.6 Å². The number of hydrogen-bond donors (Lipinski definition) is 0. The molecule has 0 amide bonds. The summed E-state index contributed by atoms with van der Waals surface area (Å²) < 4.78 is 10.6. The lowest BCUT2D eigenvalue weighted by Crippen LogP contribution is -2.55. The predicted molar refractivity (Wildman–Crippen MR) is 120 cm³/mol. The first-order valence-electron chi connectivity index (χ1n) is 10.8. The topological polar surface area (TPSA) is 42.0 Å². The molecule has 0 N–H and O–H groups in total. The van der Waals surface area contributed by atoms with Crippen LogP contribution in [0, 0.1) is 5.92 Å². The van der Waals surface area contributed by atoms with Crippen molar-refractivity contribution in [1.82, 2.24) is 4.90 Å². The normalized spacial score (nSPS) is 17.7. The van der Waals surface area contributed by atoms with E-state index in [4.69, 9.17) is 9.47 Å². The number of carbonyl (C=O) groups excluding carboxylic acids is 1. The van der Waals surface area contributed by atoms with Crippen molar-refractivity contribution in [3.05, 3.63) is 53.6 Å². The van der Waals surface area contributed by atoms with Gasteiger partial charge in [-0.15, -0.1) is 0 Å².